The molecule has 0 atom stereocenters. The van der Waals surface area contributed by atoms with Crippen molar-refractivity contribution in [3.8, 4) is 0 Å². The van der Waals surface area contributed by atoms with E-state index in [0.29, 0.717) is 18.2 Å². The Morgan fingerprint density at radius 1 is 1.04 bits per heavy atom. The van der Waals surface area contributed by atoms with Crippen LogP contribution in [0.1, 0.15) is 20.8 Å². The SMILES string of the molecule is CCNC(=O)N(OC(=O)OCC)c1ccc(S(C)(=O)=O)cc1.CCOC(=O)Cl. The third-order valence-electron chi connectivity index (χ3n) is 2.70. The predicted molar refractivity (Wildman–Crippen MR) is 102 cm³/mol. The lowest BCUT2D eigenvalue weighted by Gasteiger charge is -2.20. The van der Waals surface area contributed by atoms with Gasteiger partial charge in [0, 0.05) is 24.4 Å². The van der Waals surface area contributed by atoms with Gasteiger partial charge < -0.3 is 14.8 Å². The molecule has 2 amide bonds. The maximum absolute atomic E-state index is 11.9. The number of hydrogen-bond donors (Lipinski definition) is 1. The smallest absolute Gasteiger partial charge is 0.454 e. The van der Waals surface area contributed by atoms with E-state index in [4.69, 9.17) is 16.4 Å². The van der Waals surface area contributed by atoms with Crippen LogP contribution in [0.5, 0.6) is 0 Å². The van der Waals surface area contributed by atoms with Gasteiger partial charge in [-0.05, 0) is 45.0 Å². The van der Waals surface area contributed by atoms with E-state index in [-0.39, 0.29) is 17.2 Å². The molecule has 1 aromatic carbocycles. The molecule has 0 radical (unpaired) electrons. The van der Waals surface area contributed by atoms with Crippen molar-refractivity contribution >= 4 is 44.7 Å². The lowest BCUT2D eigenvalue weighted by molar-refractivity contribution is 0.0552. The highest BCUT2D eigenvalue weighted by molar-refractivity contribution is 7.90. The summed E-state index contributed by atoms with van der Waals surface area (Å²) in [5, 5.41) is 3.17. The second-order valence-corrected chi connectivity index (χ2v) is 7.17. The lowest BCUT2D eigenvalue weighted by atomic mass is 10.3. The summed E-state index contributed by atoms with van der Waals surface area (Å²) in [4.78, 5) is 37.8. The van der Waals surface area contributed by atoms with Crippen molar-refractivity contribution in [1.29, 1.82) is 0 Å². The average molecular weight is 439 g/mol. The van der Waals surface area contributed by atoms with Crippen LogP contribution in [-0.4, -0.2) is 52.0 Å². The molecule has 1 aromatic rings. The standard InChI is InChI=1S/C13H18N2O6S.C3H5ClO2/c1-4-14-12(16)15(21-13(17)20-5-2)10-6-8-11(9-7-10)22(3,18)19;1-2-6-3(4)5/h6-9H,4-5H2,1-3H3,(H,14,16);2H2,1H3. The van der Waals surface area contributed by atoms with E-state index in [9.17, 15) is 22.8 Å². The molecule has 0 fully saturated rings. The first-order valence-electron chi connectivity index (χ1n) is 8.11. The zero-order chi connectivity index (χ0) is 21.7. The molecule has 0 aliphatic carbocycles. The number of benzene rings is 1. The fourth-order valence-corrected chi connectivity index (χ4v) is 2.33. The number of nitrogens with zero attached hydrogens (tertiary/aromatic N) is 1. The predicted octanol–water partition coefficient (Wildman–Crippen LogP) is 3.10. The van der Waals surface area contributed by atoms with Gasteiger partial charge in [-0.1, -0.05) is 0 Å². The van der Waals surface area contributed by atoms with E-state index >= 15 is 0 Å². The Hall–Kier alpha value is -2.53. The summed E-state index contributed by atoms with van der Waals surface area (Å²) in [6, 6.07) is 4.65. The Balaban J connectivity index is 0.00000105. The molecule has 0 bridgehead atoms. The normalized spacial score (nSPS) is 10.0. The quantitative estimate of drug-likeness (QED) is 0.421. The van der Waals surface area contributed by atoms with Crippen LogP contribution in [-0.2, 0) is 24.1 Å². The van der Waals surface area contributed by atoms with Crippen LogP contribution in [0.2, 0.25) is 0 Å². The van der Waals surface area contributed by atoms with Gasteiger partial charge in [-0.2, -0.15) is 0 Å². The number of carbonyl (C=O) groups excluding carboxylic acids is 3. The molecule has 1 N–H and O–H groups in total. The Kier molecular flexibility index (Phi) is 11.6. The highest BCUT2D eigenvalue weighted by Crippen LogP contribution is 2.19. The van der Waals surface area contributed by atoms with Crippen molar-refractivity contribution < 1.29 is 37.1 Å². The molecule has 158 valence electrons. The highest BCUT2D eigenvalue weighted by atomic mass is 35.5. The third kappa shape index (κ3) is 9.97. The molecule has 0 saturated carbocycles. The van der Waals surface area contributed by atoms with Crippen molar-refractivity contribution in [2.24, 2.45) is 0 Å². The largest absolute Gasteiger partial charge is 0.533 e. The molecular formula is C16H23ClN2O8S. The maximum atomic E-state index is 11.9. The van der Waals surface area contributed by atoms with Gasteiger partial charge in [-0.25, -0.2) is 22.8 Å². The lowest BCUT2D eigenvalue weighted by Crippen LogP contribution is -2.41. The van der Waals surface area contributed by atoms with Crippen LogP contribution >= 0.6 is 11.6 Å². The van der Waals surface area contributed by atoms with E-state index in [0.717, 1.165) is 6.26 Å². The summed E-state index contributed by atoms with van der Waals surface area (Å²) in [7, 11) is -3.36. The number of carbonyl (C=O) groups is 3. The molecule has 0 aliphatic rings. The van der Waals surface area contributed by atoms with Gasteiger partial charge in [0.15, 0.2) is 9.84 Å². The molecule has 0 saturated heterocycles. The number of halogens is 1. The number of anilines is 1. The third-order valence-corrected chi connectivity index (χ3v) is 3.94. The van der Waals surface area contributed by atoms with Crippen LogP contribution in [0.25, 0.3) is 0 Å². The van der Waals surface area contributed by atoms with Gasteiger partial charge in [0.05, 0.1) is 23.8 Å². The summed E-state index contributed by atoms with van der Waals surface area (Å²) < 4.78 is 31.6. The van der Waals surface area contributed by atoms with Crippen LogP contribution in [0.3, 0.4) is 0 Å². The molecule has 0 aliphatic heterocycles. The summed E-state index contributed by atoms with van der Waals surface area (Å²) in [5.41, 5.74) is -0.552. The minimum Gasteiger partial charge on any atom is -0.454 e. The second-order valence-electron chi connectivity index (χ2n) is 4.84. The summed E-state index contributed by atoms with van der Waals surface area (Å²) in [6.07, 6.45) is 0.0273. The van der Waals surface area contributed by atoms with Crippen molar-refractivity contribution in [3.63, 3.8) is 0 Å². The first kappa shape index (κ1) is 25.5. The number of ether oxygens (including phenoxy) is 2. The maximum Gasteiger partial charge on any atom is 0.533 e. The second kappa shape index (κ2) is 12.8. The zero-order valence-corrected chi connectivity index (χ0v) is 17.5. The Bertz CT molecular complexity index is 752. The molecule has 0 aromatic heterocycles. The summed E-state index contributed by atoms with van der Waals surface area (Å²) >= 11 is 4.72. The van der Waals surface area contributed by atoms with E-state index in [1.54, 1.807) is 20.8 Å². The van der Waals surface area contributed by atoms with Gasteiger partial charge in [-0.3, -0.25) is 4.84 Å². The van der Waals surface area contributed by atoms with E-state index in [1.165, 1.54) is 24.3 Å². The topological polar surface area (TPSA) is 128 Å². The van der Waals surface area contributed by atoms with Crippen molar-refractivity contribution in [2.45, 2.75) is 25.7 Å². The number of nitrogens with one attached hydrogen (secondary N) is 1. The summed E-state index contributed by atoms with van der Waals surface area (Å²) in [6.45, 7) is 5.76. The fourth-order valence-electron chi connectivity index (χ4n) is 1.60. The summed E-state index contributed by atoms with van der Waals surface area (Å²) in [5.74, 6) is 0. The Labute approximate surface area is 168 Å². The fraction of sp³-hybridized carbons (Fsp3) is 0.438. The highest BCUT2D eigenvalue weighted by Gasteiger charge is 2.21. The van der Waals surface area contributed by atoms with Gasteiger partial charge in [0.25, 0.3) is 0 Å². The van der Waals surface area contributed by atoms with Gasteiger partial charge in [-0.15, -0.1) is 5.06 Å². The number of sulfone groups is 1. The monoisotopic (exact) mass is 438 g/mol. The Morgan fingerprint density at radius 2 is 1.57 bits per heavy atom. The minimum absolute atomic E-state index is 0.0863. The molecular weight excluding hydrogens is 416 g/mol. The number of hydroxylamine groups is 1. The molecule has 0 spiro atoms. The molecule has 1 rings (SSSR count). The van der Waals surface area contributed by atoms with Crippen LogP contribution < -0.4 is 10.4 Å². The Morgan fingerprint density at radius 3 is 1.93 bits per heavy atom. The molecule has 0 unspecified atom stereocenters. The first-order valence-corrected chi connectivity index (χ1v) is 10.4. The van der Waals surface area contributed by atoms with Crippen molar-refractivity contribution in [3.05, 3.63) is 24.3 Å². The number of hydrogen-bond acceptors (Lipinski definition) is 8. The van der Waals surface area contributed by atoms with E-state index in [2.05, 4.69) is 14.8 Å². The van der Waals surface area contributed by atoms with Crippen LogP contribution in [0, 0.1) is 0 Å². The molecule has 0 heterocycles. The van der Waals surface area contributed by atoms with Crippen molar-refractivity contribution in [2.75, 3.05) is 31.1 Å². The minimum atomic E-state index is -3.36. The zero-order valence-electron chi connectivity index (χ0n) is 15.9. The molecule has 10 nitrogen and oxygen atoms in total. The van der Waals surface area contributed by atoms with Gasteiger partial charge in [0.2, 0.25) is 0 Å². The van der Waals surface area contributed by atoms with E-state index < -0.39 is 27.5 Å². The van der Waals surface area contributed by atoms with Crippen molar-refractivity contribution in [1.82, 2.24) is 5.32 Å². The van der Waals surface area contributed by atoms with Gasteiger partial charge in [0.1, 0.15) is 0 Å². The number of rotatable bonds is 5. The van der Waals surface area contributed by atoms with Crippen LogP contribution in [0.4, 0.5) is 20.1 Å². The van der Waals surface area contributed by atoms with E-state index in [1.807, 2.05) is 0 Å². The van der Waals surface area contributed by atoms with Gasteiger partial charge >= 0.3 is 17.6 Å². The number of amides is 2. The molecule has 12 heteroatoms. The first-order chi connectivity index (χ1) is 13.1. The average Bonchev–Trinajstić information content (AvgIpc) is 2.60. The molecule has 28 heavy (non-hydrogen) atoms. The number of urea groups is 1. The van der Waals surface area contributed by atoms with Crippen LogP contribution in [0.15, 0.2) is 29.2 Å².